The van der Waals surface area contributed by atoms with Crippen LogP contribution in [0.1, 0.15) is 37.1 Å². The number of urea groups is 1. The van der Waals surface area contributed by atoms with Gasteiger partial charge in [0, 0.05) is 25.6 Å². The highest BCUT2D eigenvalue weighted by atomic mass is 16.2. The first-order valence-electron chi connectivity index (χ1n) is 10.1. The fourth-order valence-electron chi connectivity index (χ4n) is 4.18. The lowest BCUT2D eigenvalue weighted by atomic mass is 9.84. The Hall–Kier alpha value is -2.09. The van der Waals surface area contributed by atoms with Crippen molar-refractivity contribution in [2.45, 2.75) is 45.3 Å². The van der Waals surface area contributed by atoms with Gasteiger partial charge in [0.05, 0.1) is 31.0 Å². The van der Waals surface area contributed by atoms with Crippen molar-refractivity contribution in [1.82, 2.24) is 30.2 Å². The van der Waals surface area contributed by atoms with Crippen LogP contribution in [0.2, 0.25) is 0 Å². The summed E-state index contributed by atoms with van der Waals surface area (Å²) in [6.07, 6.45) is 4.39. The smallest absolute Gasteiger partial charge is 0.315 e. The van der Waals surface area contributed by atoms with E-state index in [1.165, 1.54) is 6.42 Å². The highest BCUT2D eigenvalue weighted by Gasteiger charge is 2.31. The van der Waals surface area contributed by atoms with Crippen molar-refractivity contribution < 1.29 is 9.59 Å². The number of amides is 3. The molecule has 27 heavy (non-hydrogen) atoms. The molecule has 0 radical (unpaired) electrons. The van der Waals surface area contributed by atoms with Crippen molar-refractivity contribution in [2.24, 2.45) is 11.8 Å². The molecule has 3 amide bonds. The third kappa shape index (κ3) is 4.26. The highest BCUT2D eigenvalue weighted by molar-refractivity contribution is 5.79. The normalized spacial score (nSPS) is 23.0. The molecule has 1 saturated heterocycles. The molecule has 1 aliphatic carbocycles. The second kappa shape index (κ2) is 7.88. The van der Waals surface area contributed by atoms with Gasteiger partial charge in [0.25, 0.3) is 0 Å². The lowest BCUT2D eigenvalue weighted by Crippen LogP contribution is -2.43. The molecule has 1 unspecified atom stereocenters. The summed E-state index contributed by atoms with van der Waals surface area (Å²) >= 11 is 0. The van der Waals surface area contributed by atoms with Crippen LogP contribution >= 0.6 is 0 Å². The number of likely N-dealkylation sites (tertiary alicyclic amines) is 1. The van der Waals surface area contributed by atoms with Crippen LogP contribution in [0.5, 0.6) is 0 Å². The zero-order chi connectivity index (χ0) is 18.8. The number of carbonyl (C=O) groups is 2. The van der Waals surface area contributed by atoms with Crippen molar-refractivity contribution in [1.29, 1.82) is 0 Å². The molecule has 0 spiro atoms. The molecule has 2 N–H and O–H groups in total. The van der Waals surface area contributed by atoms with Crippen LogP contribution in [0, 0.1) is 11.8 Å². The molecular formula is C19H30N6O2. The summed E-state index contributed by atoms with van der Waals surface area (Å²) in [6, 6.07) is 1.86. The van der Waals surface area contributed by atoms with Crippen molar-refractivity contribution in [2.75, 3.05) is 33.2 Å². The summed E-state index contributed by atoms with van der Waals surface area (Å²) in [6.45, 7) is 5.37. The van der Waals surface area contributed by atoms with E-state index in [0.717, 1.165) is 56.8 Å². The molecule has 2 aliphatic heterocycles. The maximum Gasteiger partial charge on any atom is 0.315 e. The number of aromatic nitrogens is 2. The third-order valence-corrected chi connectivity index (χ3v) is 6.08. The van der Waals surface area contributed by atoms with Gasteiger partial charge in [-0.05, 0) is 44.8 Å². The fraction of sp³-hybridized carbons (Fsp3) is 0.737. The predicted molar refractivity (Wildman–Crippen MR) is 101 cm³/mol. The van der Waals surface area contributed by atoms with Gasteiger partial charge in [0.2, 0.25) is 5.91 Å². The van der Waals surface area contributed by atoms with Gasteiger partial charge in [-0.15, -0.1) is 0 Å². The number of nitrogens with zero attached hydrogens (tertiary/aromatic N) is 4. The summed E-state index contributed by atoms with van der Waals surface area (Å²) < 4.78 is 1.97. The Kier molecular flexibility index (Phi) is 5.33. The number of hydrogen-bond donors (Lipinski definition) is 2. The van der Waals surface area contributed by atoms with Gasteiger partial charge >= 0.3 is 6.03 Å². The minimum Gasteiger partial charge on any atom is -0.338 e. The first-order chi connectivity index (χ1) is 13.1. The molecule has 1 aromatic rings. The molecule has 4 rings (SSSR count). The second-order valence-electron chi connectivity index (χ2n) is 8.22. The van der Waals surface area contributed by atoms with E-state index in [9.17, 15) is 9.59 Å². The largest absolute Gasteiger partial charge is 0.338 e. The molecule has 8 heteroatoms. The Balaban J connectivity index is 1.23. The maximum absolute atomic E-state index is 12.4. The van der Waals surface area contributed by atoms with E-state index < -0.39 is 0 Å². The van der Waals surface area contributed by atoms with Crippen LogP contribution < -0.4 is 10.6 Å². The Morgan fingerprint density at radius 1 is 1.19 bits per heavy atom. The van der Waals surface area contributed by atoms with Crippen LogP contribution in [-0.2, 0) is 24.4 Å². The van der Waals surface area contributed by atoms with Gasteiger partial charge in [-0.3, -0.25) is 9.48 Å². The molecule has 3 heterocycles. The van der Waals surface area contributed by atoms with E-state index >= 15 is 0 Å². The van der Waals surface area contributed by atoms with E-state index in [1.54, 1.807) is 0 Å². The van der Waals surface area contributed by atoms with Crippen molar-refractivity contribution in [3.63, 3.8) is 0 Å². The van der Waals surface area contributed by atoms with Gasteiger partial charge in [-0.25, -0.2) is 4.79 Å². The quantitative estimate of drug-likeness (QED) is 0.798. The maximum atomic E-state index is 12.4. The number of rotatable bonds is 5. The molecule has 0 aromatic carbocycles. The van der Waals surface area contributed by atoms with Crippen LogP contribution in [0.4, 0.5) is 4.79 Å². The zero-order valence-corrected chi connectivity index (χ0v) is 16.1. The van der Waals surface area contributed by atoms with E-state index in [-0.39, 0.29) is 11.9 Å². The third-order valence-electron chi connectivity index (χ3n) is 6.08. The molecule has 148 valence electrons. The van der Waals surface area contributed by atoms with Gasteiger partial charge in [0.1, 0.15) is 0 Å². The minimum absolute atomic E-state index is 0.141. The summed E-state index contributed by atoms with van der Waals surface area (Å²) in [4.78, 5) is 28.7. The second-order valence-corrected chi connectivity index (χ2v) is 8.22. The minimum atomic E-state index is -0.141. The number of carbonyl (C=O) groups excluding carboxylic acids is 2. The van der Waals surface area contributed by atoms with Crippen molar-refractivity contribution >= 4 is 11.9 Å². The Labute approximate surface area is 160 Å². The van der Waals surface area contributed by atoms with Crippen LogP contribution in [-0.4, -0.2) is 64.7 Å². The number of nitrogens with one attached hydrogen (secondary N) is 2. The average molecular weight is 374 g/mol. The van der Waals surface area contributed by atoms with Gasteiger partial charge in [-0.2, -0.15) is 5.10 Å². The van der Waals surface area contributed by atoms with Gasteiger partial charge in [0.15, 0.2) is 0 Å². The lowest BCUT2D eigenvalue weighted by molar-refractivity contribution is -0.139. The van der Waals surface area contributed by atoms with Crippen molar-refractivity contribution in [3.8, 4) is 0 Å². The first kappa shape index (κ1) is 18.3. The SMILES string of the molecule is CN1CCC(CNC(=O)NCc2cc3n(n2)CCN(C(=O)C2CCC2)C3)C1. The highest BCUT2D eigenvalue weighted by Crippen LogP contribution is 2.29. The van der Waals surface area contributed by atoms with E-state index in [2.05, 4.69) is 27.7 Å². The van der Waals surface area contributed by atoms with Gasteiger partial charge in [-0.1, -0.05) is 6.42 Å². The monoisotopic (exact) mass is 374 g/mol. The standard InChI is InChI=1S/C19H30N6O2/c1-23-6-5-14(12-23)10-20-19(27)21-11-16-9-17-13-24(7-8-25(17)22-16)18(26)15-3-2-4-15/h9,14-15H,2-8,10-13H2,1H3,(H2,20,21,27). The van der Waals surface area contributed by atoms with E-state index in [0.29, 0.717) is 31.5 Å². The molecule has 1 aromatic heterocycles. The first-order valence-corrected chi connectivity index (χ1v) is 10.1. The molecular weight excluding hydrogens is 344 g/mol. The molecule has 8 nitrogen and oxygen atoms in total. The summed E-state index contributed by atoms with van der Waals surface area (Å²) in [5, 5.41) is 10.4. The Bertz CT molecular complexity index is 698. The summed E-state index contributed by atoms with van der Waals surface area (Å²) in [5.41, 5.74) is 1.90. The predicted octanol–water partition coefficient (Wildman–Crippen LogP) is 0.776. The lowest BCUT2D eigenvalue weighted by Gasteiger charge is -2.34. The molecule has 1 saturated carbocycles. The zero-order valence-electron chi connectivity index (χ0n) is 16.1. The summed E-state index contributed by atoms with van der Waals surface area (Å²) in [7, 11) is 2.11. The van der Waals surface area contributed by atoms with Crippen LogP contribution in [0.25, 0.3) is 0 Å². The average Bonchev–Trinajstić information content (AvgIpc) is 3.21. The molecule has 3 aliphatic rings. The Morgan fingerprint density at radius 3 is 2.74 bits per heavy atom. The topological polar surface area (TPSA) is 82.5 Å². The Morgan fingerprint density at radius 2 is 2.04 bits per heavy atom. The summed E-state index contributed by atoms with van der Waals surface area (Å²) in [5.74, 6) is 1.08. The number of hydrogen-bond acceptors (Lipinski definition) is 4. The fourth-order valence-corrected chi connectivity index (χ4v) is 4.18. The van der Waals surface area contributed by atoms with E-state index in [4.69, 9.17) is 0 Å². The van der Waals surface area contributed by atoms with Gasteiger partial charge < -0.3 is 20.4 Å². The molecule has 1 atom stereocenters. The van der Waals surface area contributed by atoms with Crippen LogP contribution in [0.15, 0.2) is 6.07 Å². The van der Waals surface area contributed by atoms with E-state index in [1.807, 2.05) is 15.6 Å². The number of fused-ring (bicyclic) bond motifs is 1. The molecule has 0 bridgehead atoms. The van der Waals surface area contributed by atoms with Crippen molar-refractivity contribution in [3.05, 3.63) is 17.5 Å². The molecule has 2 fully saturated rings. The van der Waals surface area contributed by atoms with Crippen LogP contribution in [0.3, 0.4) is 0 Å².